The van der Waals surface area contributed by atoms with Crippen molar-refractivity contribution in [2.24, 2.45) is 5.92 Å². The Morgan fingerprint density at radius 3 is 2.33 bits per heavy atom. The van der Waals surface area contributed by atoms with Gasteiger partial charge in [-0.05, 0) is 31.5 Å². The maximum absolute atomic E-state index is 12.4. The van der Waals surface area contributed by atoms with Crippen molar-refractivity contribution in [2.75, 3.05) is 26.7 Å². The van der Waals surface area contributed by atoms with Crippen LogP contribution in [-0.2, 0) is 0 Å². The van der Waals surface area contributed by atoms with Crippen molar-refractivity contribution < 1.29 is 13.2 Å². The average molecular weight is 302 g/mol. The van der Waals surface area contributed by atoms with E-state index in [1.165, 1.54) is 11.9 Å². The van der Waals surface area contributed by atoms with Crippen LogP contribution in [0.2, 0.25) is 0 Å². The third-order valence-electron chi connectivity index (χ3n) is 3.39. The van der Waals surface area contributed by atoms with E-state index in [1.54, 1.807) is 0 Å². The van der Waals surface area contributed by atoms with Gasteiger partial charge in [0.25, 0.3) is 0 Å². The Labute approximate surface area is 125 Å². The summed E-state index contributed by atoms with van der Waals surface area (Å²) < 4.78 is 37.3. The number of benzene rings is 1. The zero-order valence-corrected chi connectivity index (χ0v) is 13.0. The van der Waals surface area contributed by atoms with E-state index >= 15 is 0 Å². The predicted octanol–water partition coefficient (Wildman–Crippen LogP) is 3.86. The number of alkyl halides is 3. The molecule has 0 amide bonds. The van der Waals surface area contributed by atoms with Crippen molar-refractivity contribution in [3.8, 4) is 0 Å². The monoisotopic (exact) mass is 302 g/mol. The first-order chi connectivity index (χ1) is 9.83. The molecule has 0 bridgehead atoms. The Hall–Kier alpha value is -1.07. The lowest BCUT2D eigenvalue weighted by Gasteiger charge is -2.29. The van der Waals surface area contributed by atoms with Gasteiger partial charge in [-0.25, -0.2) is 0 Å². The number of rotatable bonds is 8. The molecule has 0 aromatic heterocycles. The molecule has 0 aliphatic heterocycles. The molecule has 120 valence electrons. The minimum Gasteiger partial charge on any atom is -0.310 e. The van der Waals surface area contributed by atoms with Gasteiger partial charge in [0.15, 0.2) is 0 Å². The summed E-state index contributed by atoms with van der Waals surface area (Å²) in [4.78, 5) is 1.34. The normalized spacial score (nSPS) is 15.2. The second-order valence-electron chi connectivity index (χ2n) is 5.63. The molecule has 0 aliphatic carbocycles. The molecule has 21 heavy (non-hydrogen) atoms. The van der Waals surface area contributed by atoms with Crippen molar-refractivity contribution in [1.82, 2.24) is 10.2 Å². The molecule has 0 fully saturated rings. The first-order valence-corrected chi connectivity index (χ1v) is 7.37. The first kappa shape index (κ1) is 18.0. The standard InChI is InChI=1S/C16H25F3N2/c1-4-10-20-15(14-8-6-5-7-9-14)13(2)11-21(3)12-16(17,18)19/h5-9,13,15,20H,4,10-12H2,1-3H3. The fourth-order valence-corrected chi connectivity index (χ4v) is 2.58. The topological polar surface area (TPSA) is 15.3 Å². The van der Waals surface area contributed by atoms with E-state index in [-0.39, 0.29) is 12.0 Å². The van der Waals surface area contributed by atoms with Crippen LogP contribution in [0.3, 0.4) is 0 Å². The predicted molar refractivity (Wildman–Crippen MR) is 80.2 cm³/mol. The van der Waals surface area contributed by atoms with Gasteiger partial charge in [-0.3, -0.25) is 4.90 Å². The summed E-state index contributed by atoms with van der Waals surface area (Å²) in [6.07, 6.45) is -3.15. The van der Waals surface area contributed by atoms with Crippen molar-refractivity contribution in [3.63, 3.8) is 0 Å². The highest BCUT2D eigenvalue weighted by molar-refractivity contribution is 5.19. The van der Waals surface area contributed by atoms with E-state index in [2.05, 4.69) is 12.2 Å². The molecule has 0 aliphatic rings. The first-order valence-electron chi connectivity index (χ1n) is 7.37. The fourth-order valence-electron chi connectivity index (χ4n) is 2.58. The lowest BCUT2D eigenvalue weighted by Crippen LogP contribution is -2.38. The van der Waals surface area contributed by atoms with Crippen molar-refractivity contribution in [3.05, 3.63) is 35.9 Å². The van der Waals surface area contributed by atoms with Gasteiger partial charge in [0.1, 0.15) is 0 Å². The zero-order valence-electron chi connectivity index (χ0n) is 13.0. The molecule has 1 aromatic rings. The third-order valence-corrected chi connectivity index (χ3v) is 3.39. The summed E-state index contributed by atoms with van der Waals surface area (Å²) in [6.45, 7) is 4.46. The molecule has 0 spiro atoms. The van der Waals surface area contributed by atoms with Gasteiger partial charge in [0, 0.05) is 12.6 Å². The molecular formula is C16H25F3N2. The van der Waals surface area contributed by atoms with E-state index in [0.717, 1.165) is 18.5 Å². The summed E-state index contributed by atoms with van der Waals surface area (Å²) in [5.41, 5.74) is 1.12. The molecule has 1 aromatic carbocycles. The average Bonchev–Trinajstić information content (AvgIpc) is 2.38. The maximum atomic E-state index is 12.4. The lowest BCUT2D eigenvalue weighted by molar-refractivity contribution is -0.144. The Morgan fingerprint density at radius 2 is 1.81 bits per heavy atom. The molecule has 0 saturated carbocycles. The zero-order chi connectivity index (χ0) is 15.9. The molecule has 0 radical (unpaired) electrons. The summed E-state index contributed by atoms with van der Waals surface area (Å²) in [6, 6.07) is 9.98. The van der Waals surface area contributed by atoms with Crippen LogP contribution < -0.4 is 5.32 Å². The number of halogens is 3. The highest BCUT2D eigenvalue weighted by atomic mass is 19.4. The van der Waals surface area contributed by atoms with Crippen LogP contribution >= 0.6 is 0 Å². The van der Waals surface area contributed by atoms with Crippen LogP contribution in [0.15, 0.2) is 30.3 Å². The second-order valence-corrected chi connectivity index (χ2v) is 5.63. The van der Waals surface area contributed by atoms with Gasteiger partial charge in [-0.2, -0.15) is 13.2 Å². The largest absolute Gasteiger partial charge is 0.401 e. The molecule has 1 N–H and O–H groups in total. The fraction of sp³-hybridized carbons (Fsp3) is 0.625. The Bertz CT molecular complexity index is 392. The lowest BCUT2D eigenvalue weighted by atomic mass is 9.94. The van der Waals surface area contributed by atoms with Crippen LogP contribution in [0, 0.1) is 5.92 Å². The molecule has 5 heteroatoms. The number of hydrogen-bond donors (Lipinski definition) is 1. The minimum atomic E-state index is -4.15. The highest BCUT2D eigenvalue weighted by Gasteiger charge is 2.30. The number of nitrogens with one attached hydrogen (secondary N) is 1. The van der Waals surface area contributed by atoms with Gasteiger partial charge >= 0.3 is 6.18 Å². The molecule has 2 nitrogen and oxygen atoms in total. The summed E-state index contributed by atoms with van der Waals surface area (Å²) in [5, 5.41) is 3.45. The Morgan fingerprint density at radius 1 is 1.19 bits per heavy atom. The van der Waals surface area contributed by atoms with Crippen molar-refractivity contribution in [2.45, 2.75) is 32.5 Å². The quantitative estimate of drug-likeness (QED) is 0.784. The van der Waals surface area contributed by atoms with Gasteiger partial charge in [0.05, 0.1) is 6.54 Å². The van der Waals surface area contributed by atoms with E-state index in [1.807, 2.05) is 37.3 Å². The molecular weight excluding hydrogens is 277 g/mol. The van der Waals surface area contributed by atoms with Crippen LogP contribution in [0.25, 0.3) is 0 Å². The van der Waals surface area contributed by atoms with Gasteiger partial charge in [-0.1, -0.05) is 44.2 Å². The Kier molecular flexibility index (Phi) is 7.18. The van der Waals surface area contributed by atoms with Crippen molar-refractivity contribution >= 4 is 0 Å². The molecule has 0 heterocycles. The van der Waals surface area contributed by atoms with Crippen LogP contribution in [-0.4, -0.2) is 37.8 Å². The number of hydrogen-bond acceptors (Lipinski definition) is 2. The van der Waals surface area contributed by atoms with Crippen LogP contribution in [0.4, 0.5) is 13.2 Å². The van der Waals surface area contributed by atoms with E-state index in [9.17, 15) is 13.2 Å². The summed E-state index contributed by atoms with van der Waals surface area (Å²) in [7, 11) is 1.52. The van der Waals surface area contributed by atoms with Gasteiger partial charge in [-0.15, -0.1) is 0 Å². The number of nitrogens with zero attached hydrogens (tertiary/aromatic N) is 1. The van der Waals surface area contributed by atoms with Crippen molar-refractivity contribution in [1.29, 1.82) is 0 Å². The SMILES string of the molecule is CCCNC(c1ccccc1)C(C)CN(C)CC(F)(F)F. The summed E-state index contributed by atoms with van der Waals surface area (Å²) in [5.74, 6) is 0.0892. The van der Waals surface area contributed by atoms with E-state index in [0.29, 0.717) is 6.54 Å². The summed E-state index contributed by atoms with van der Waals surface area (Å²) >= 11 is 0. The maximum Gasteiger partial charge on any atom is 0.401 e. The van der Waals surface area contributed by atoms with Crippen LogP contribution in [0.1, 0.15) is 31.9 Å². The molecule has 2 unspecified atom stereocenters. The van der Waals surface area contributed by atoms with Crippen LogP contribution in [0.5, 0.6) is 0 Å². The van der Waals surface area contributed by atoms with E-state index < -0.39 is 12.7 Å². The minimum absolute atomic E-state index is 0.0711. The van der Waals surface area contributed by atoms with Gasteiger partial charge < -0.3 is 5.32 Å². The second kappa shape index (κ2) is 8.39. The molecule has 0 saturated heterocycles. The molecule has 1 rings (SSSR count). The molecule has 2 atom stereocenters. The smallest absolute Gasteiger partial charge is 0.310 e. The third kappa shape index (κ3) is 6.96. The van der Waals surface area contributed by atoms with E-state index in [4.69, 9.17) is 0 Å². The highest BCUT2D eigenvalue weighted by Crippen LogP contribution is 2.24. The van der Waals surface area contributed by atoms with Gasteiger partial charge in [0.2, 0.25) is 0 Å². The Balaban J connectivity index is 2.69.